The van der Waals surface area contributed by atoms with Crippen molar-refractivity contribution in [1.82, 2.24) is 5.32 Å². The molecule has 0 amide bonds. The largest absolute Gasteiger partial charge is 0.416 e. The molecule has 1 rings (SSSR count). The molecule has 108 valence electrons. The SMILES string of the molecule is CCC(CCO)NCc1ccc(F)cc1C(F)(F)F. The van der Waals surface area contributed by atoms with E-state index in [0.29, 0.717) is 18.9 Å². The predicted molar refractivity (Wildman–Crippen MR) is 64.0 cm³/mol. The van der Waals surface area contributed by atoms with E-state index in [0.717, 1.165) is 12.1 Å². The predicted octanol–water partition coefficient (Wildman–Crippen LogP) is 3.10. The summed E-state index contributed by atoms with van der Waals surface area (Å²) in [6, 6.07) is 2.59. The minimum absolute atomic E-state index is 0.00490. The lowest BCUT2D eigenvalue weighted by Gasteiger charge is -2.18. The summed E-state index contributed by atoms with van der Waals surface area (Å²) in [6.45, 7) is 1.84. The van der Waals surface area contributed by atoms with Crippen molar-refractivity contribution in [3.8, 4) is 0 Å². The Morgan fingerprint density at radius 2 is 2.00 bits per heavy atom. The van der Waals surface area contributed by atoms with Gasteiger partial charge >= 0.3 is 6.18 Å². The zero-order chi connectivity index (χ0) is 14.5. The third kappa shape index (κ3) is 4.80. The second-order valence-electron chi connectivity index (χ2n) is 4.30. The zero-order valence-corrected chi connectivity index (χ0v) is 10.6. The van der Waals surface area contributed by atoms with Crippen LogP contribution in [0, 0.1) is 5.82 Å². The van der Waals surface area contributed by atoms with Crippen LogP contribution >= 0.6 is 0 Å². The van der Waals surface area contributed by atoms with Crippen molar-refractivity contribution in [3.63, 3.8) is 0 Å². The molecule has 1 atom stereocenters. The highest BCUT2D eigenvalue weighted by atomic mass is 19.4. The van der Waals surface area contributed by atoms with Gasteiger partial charge in [-0.2, -0.15) is 13.2 Å². The van der Waals surface area contributed by atoms with E-state index in [-0.39, 0.29) is 24.8 Å². The Morgan fingerprint density at radius 1 is 1.32 bits per heavy atom. The Balaban J connectivity index is 2.83. The van der Waals surface area contributed by atoms with Gasteiger partial charge in [0.05, 0.1) is 5.56 Å². The van der Waals surface area contributed by atoms with Crippen molar-refractivity contribution < 1.29 is 22.7 Å². The topological polar surface area (TPSA) is 32.3 Å². The summed E-state index contributed by atoms with van der Waals surface area (Å²) in [5, 5.41) is 11.8. The molecule has 0 heterocycles. The first-order chi connectivity index (χ1) is 8.88. The molecule has 0 spiro atoms. The third-order valence-electron chi connectivity index (χ3n) is 2.93. The summed E-state index contributed by atoms with van der Waals surface area (Å²) in [6.07, 6.45) is -3.40. The number of aliphatic hydroxyl groups excluding tert-OH is 1. The fourth-order valence-corrected chi connectivity index (χ4v) is 1.83. The Kier molecular flexibility index (Phi) is 5.75. The molecule has 0 aromatic heterocycles. The molecule has 0 fully saturated rings. The molecule has 1 aromatic rings. The van der Waals surface area contributed by atoms with E-state index in [1.165, 1.54) is 0 Å². The number of halogens is 4. The fourth-order valence-electron chi connectivity index (χ4n) is 1.83. The number of nitrogens with one attached hydrogen (secondary N) is 1. The van der Waals surface area contributed by atoms with Gasteiger partial charge in [0.2, 0.25) is 0 Å². The highest BCUT2D eigenvalue weighted by Crippen LogP contribution is 2.32. The van der Waals surface area contributed by atoms with E-state index in [1.54, 1.807) is 0 Å². The van der Waals surface area contributed by atoms with E-state index < -0.39 is 17.6 Å². The van der Waals surface area contributed by atoms with Gasteiger partial charge in [-0.05, 0) is 30.5 Å². The molecule has 2 N–H and O–H groups in total. The molecular formula is C13H17F4NO. The maximum absolute atomic E-state index is 12.9. The lowest BCUT2D eigenvalue weighted by molar-refractivity contribution is -0.138. The summed E-state index contributed by atoms with van der Waals surface area (Å²) < 4.78 is 51.2. The van der Waals surface area contributed by atoms with Crippen LogP contribution in [-0.4, -0.2) is 17.8 Å². The number of aliphatic hydroxyl groups is 1. The third-order valence-corrected chi connectivity index (χ3v) is 2.93. The molecule has 6 heteroatoms. The van der Waals surface area contributed by atoms with Crippen LogP contribution < -0.4 is 5.32 Å². The van der Waals surface area contributed by atoms with Gasteiger partial charge in [0.25, 0.3) is 0 Å². The lowest BCUT2D eigenvalue weighted by Crippen LogP contribution is -2.29. The second kappa shape index (κ2) is 6.86. The van der Waals surface area contributed by atoms with Crippen molar-refractivity contribution in [3.05, 3.63) is 35.1 Å². The minimum atomic E-state index is -4.57. The first-order valence-electron chi connectivity index (χ1n) is 6.08. The van der Waals surface area contributed by atoms with Gasteiger partial charge in [-0.15, -0.1) is 0 Å². The summed E-state index contributed by atoms with van der Waals surface area (Å²) >= 11 is 0. The quantitative estimate of drug-likeness (QED) is 0.784. The van der Waals surface area contributed by atoms with Gasteiger partial charge in [0, 0.05) is 19.2 Å². The molecule has 0 aliphatic carbocycles. The summed E-state index contributed by atoms with van der Waals surface area (Å²) in [7, 11) is 0. The molecule has 0 aliphatic rings. The summed E-state index contributed by atoms with van der Waals surface area (Å²) in [4.78, 5) is 0. The molecule has 0 bridgehead atoms. The Labute approximate surface area is 109 Å². The number of alkyl halides is 3. The van der Waals surface area contributed by atoms with Crippen molar-refractivity contribution >= 4 is 0 Å². The minimum Gasteiger partial charge on any atom is -0.396 e. The van der Waals surface area contributed by atoms with Crippen LogP contribution in [-0.2, 0) is 12.7 Å². The summed E-state index contributed by atoms with van der Waals surface area (Å²) in [5.74, 6) is -0.904. The van der Waals surface area contributed by atoms with Crippen LogP contribution in [0.4, 0.5) is 17.6 Å². The molecule has 19 heavy (non-hydrogen) atoms. The van der Waals surface area contributed by atoms with Gasteiger partial charge < -0.3 is 10.4 Å². The number of hydrogen-bond acceptors (Lipinski definition) is 2. The fraction of sp³-hybridized carbons (Fsp3) is 0.538. The van der Waals surface area contributed by atoms with Crippen molar-refractivity contribution in [1.29, 1.82) is 0 Å². The standard InChI is InChI=1S/C13H17F4NO/c1-2-11(5-6-19)18-8-9-3-4-10(14)7-12(9)13(15,16)17/h3-4,7,11,18-19H,2,5-6,8H2,1H3. The van der Waals surface area contributed by atoms with Crippen LogP contribution in [0.25, 0.3) is 0 Å². The maximum atomic E-state index is 12.9. The van der Waals surface area contributed by atoms with E-state index in [1.807, 2.05) is 6.92 Å². The number of benzene rings is 1. The first kappa shape index (κ1) is 15.9. The Hall–Kier alpha value is -1.14. The molecular weight excluding hydrogens is 262 g/mol. The van der Waals surface area contributed by atoms with E-state index in [4.69, 9.17) is 5.11 Å². The highest BCUT2D eigenvalue weighted by molar-refractivity contribution is 5.30. The van der Waals surface area contributed by atoms with Gasteiger partial charge in [-0.25, -0.2) is 4.39 Å². The monoisotopic (exact) mass is 279 g/mol. The van der Waals surface area contributed by atoms with Gasteiger partial charge in [-0.1, -0.05) is 13.0 Å². The number of hydrogen-bond donors (Lipinski definition) is 2. The van der Waals surface area contributed by atoms with Gasteiger partial charge in [0.1, 0.15) is 5.82 Å². The smallest absolute Gasteiger partial charge is 0.396 e. The Bertz CT molecular complexity index is 406. The van der Waals surface area contributed by atoms with Gasteiger partial charge in [0.15, 0.2) is 0 Å². The molecule has 1 unspecified atom stereocenters. The molecule has 0 radical (unpaired) electrons. The molecule has 0 aliphatic heterocycles. The average molecular weight is 279 g/mol. The van der Waals surface area contributed by atoms with Crippen LogP contribution in [0.3, 0.4) is 0 Å². The average Bonchev–Trinajstić information content (AvgIpc) is 2.34. The molecule has 2 nitrogen and oxygen atoms in total. The van der Waals surface area contributed by atoms with Crippen LogP contribution in [0.1, 0.15) is 30.9 Å². The highest BCUT2D eigenvalue weighted by Gasteiger charge is 2.33. The van der Waals surface area contributed by atoms with E-state index >= 15 is 0 Å². The van der Waals surface area contributed by atoms with Crippen LogP contribution in [0.2, 0.25) is 0 Å². The molecule has 0 saturated heterocycles. The van der Waals surface area contributed by atoms with Crippen LogP contribution in [0.15, 0.2) is 18.2 Å². The van der Waals surface area contributed by atoms with Crippen molar-refractivity contribution in [2.45, 2.75) is 38.5 Å². The zero-order valence-electron chi connectivity index (χ0n) is 10.6. The van der Waals surface area contributed by atoms with Crippen molar-refractivity contribution in [2.24, 2.45) is 0 Å². The number of rotatable bonds is 6. The second-order valence-corrected chi connectivity index (χ2v) is 4.30. The molecule has 0 saturated carbocycles. The Morgan fingerprint density at radius 3 is 2.53 bits per heavy atom. The van der Waals surface area contributed by atoms with E-state index in [9.17, 15) is 17.6 Å². The van der Waals surface area contributed by atoms with Crippen molar-refractivity contribution in [2.75, 3.05) is 6.61 Å². The normalized spacial score (nSPS) is 13.6. The van der Waals surface area contributed by atoms with E-state index in [2.05, 4.69) is 5.32 Å². The molecule has 1 aromatic carbocycles. The van der Waals surface area contributed by atoms with Crippen LogP contribution in [0.5, 0.6) is 0 Å². The maximum Gasteiger partial charge on any atom is 0.416 e. The van der Waals surface area contributed by atoms with Gasteiger partial charge in [-0.3, -0.25) is 0 Å². The first-order valence-corrected chi connectivity index (χ1v) is 6.08. The summed E-state index contributed by atoms with van der Waals surface area (Å²) in [5.41, 5.74) is -0.954. The lowest BCUT2D eigenvalue weighted by atomic mass is 10.1.